The molecule has 2 amide bonds. The Morgan fingerprint density at radius 2 is 1.48 bits per heavy atom. The Morgan fingerprint density at radius 1 is 0.889 bits per heavy atom. The zero-order chi connectivity index (χ0) is 18.8. The largest absolute Gasteiger partial charge is 0.483 e. The van der Waals surface area contributed by atoms with E-state index >= 15 is 0 Å². The maximum absolute atomic E-state index is 12.8. The van der Waals surface area contributed by atoms with Gasteiger partial charge in [0, 0.05) is 5.56 Å². The number of hydrogen-bond acceptors (Lipinski definition) is 4. The third-order valence-corrected chi connectivity index (χ3v) is 5.07. The summed E-state index contributed by atoms with van der Waals surface area (Å²) in [4.78, 5) is 39.2. The van der Waals surface area contributed by atoms with Crippen molar-refractivity contribution in [3.8, 4) is 5.75 Å². The highest BCUT2D eigenvalue weighted by Gasteiger charge is 2.48. The van der Waals surface area contributed by atoms with Gasteiger partial charge in [0.2, 0.25) is 11.8 Å². The summed E-state index contributed by atoms with van der Waals surface area (Å²) in [5.74, 6) is -0.806. The molecule has 136 valence electrons. The molecule has 27 heavy (non-hydrogen) atoms. The molecule has 2 aliphatic rings. The molecular formula is C22H19NO4. The summed E-state index contributed by atoms with van der Waals surface area (Å²) >= 11 is 0. The molecule has 2 aromatic rings. The Bertz CT molecular complexity index is 893. The van der Waals surface area contributed by atoms with Gasteiger partial charge in [-0.2, -0.15) is 0 Å². The van der Waals surface area contributed by atoms with Gasteiger partial charge in [-0.25, -0.2) is 4.90 Å². The van der Waals surface area contributed by atoms with Crippen molar-refractivity contribution in [3.05, 3.63) is 72.3 Å². The minimum Gasteiger partial charge on any atom is -0.483 e. The van der Waals surface area contributed by atoms with Crippen LogP contribution in [0, 0.1) is 11.8 Å². The first-order valence-electron chi connectivity index (χ1n) is 8.99. The normalized spacial score (nSPS) is 21.3. The molecule has 5 heteroatoms. The monoisotopic (exact) mass is 361 g/mol. The van der Waals surface area contributed by atoms with Crippen LogP contribution >= 0.6 is 0 Å². The highest BCUT2D eigenvalue weighted by atomic mass is 16.5. The molecule has 0 unspecified atom stereocenters. The molecule has 1 heterocycles. The maximum Gasteiger partial charge on any atom is 0.238 e. The summed E-state index contributed by atoms with van der Waals surface area (Å²) in [6.07, 6.45) is 5.08. The molecule has 1 aliphatic carbocycles. The van der Waals surface area contributed by atoms with Crippen molar-refractivity contribution >= 4 is 23.3 Å². The molecule has 2 aromatic carbocycles. The molecule has 0 radical (unpaired) electrons. The van der Waals surface area contributed by atoms with Gasteiger partial charge in [0.15, 0.2) is 12.4 Å². The average molecular weight is 361 g/mol. The summed E-state index contributed by atoms with van der Waals surface area (Å²) in [5.41, 5.74) is 0.961. The Kier molecular flexibility index (Phi) is 4.59. The van der Waals surface area contributed by atoms with Crippen molar-refractivity contribution in [2.45, 2.75) is 12.8 Å². The quantitative estimate of drug-likeness (QED) is 0.465. The molecule has 0 bridgehead atoms. The minimum absolute atomic E-state index is 0.161. The molecule has 5 nitrogen and oxygen atoms in total. The van der Waals surface area contributed by atoms with Crippen LogP contribution in [-0.4, -0.2) is 24.2 Å². The van der Waals surface area contributed by atoms with E-state index in [0.717, 1.165) is 0 Å². The second-order valence-corrected chi connectivity index (χ2v) is 6.71. The van der Waals surface area contributed by atoms with Gasteiger partial charge in [-0.3, -0.25) is 14.4 Å². The lowest BCUT2D eigenvalue weighted by atomic mass is 9.85. The molecule has 2 atom stereocenters. The third kappa shape index (κ3) is 3.16. The van der Waals surface area contributed by atoms with Crippen LogP contribution in [0.25, 0.3) is 0 Å². The van der Waals surface area contributed by atoms with E-state index < -0.39 is 0 Å². The van der Waals surface area contributed by atoms with Crippen LogP contribution in [0.15, 0.2) is 66.7 Å². The van der Waals surface area contributed by atoms with Crippen LogP contribution in [0.2, 0.25) is 0 Å². The van der Waals surface area contributed by atoms with Crippen molar-refractivity contribution in [1.29, 1.82) is 0 Å². The Hall–Kier alpha value is -3.21. The smallest absolute Gasteiger partial charge is 0.238 e. The second-order valence-electron chi connectivity index (χ2n) is 6.71. The molecule has 0 spiro atoms. The fourth-order valence-electron chi connectivity index (χ4n) is 3.65. The number of hydrogen-bond donors (Lipinski definition) is 0. The fourth-order valence-corrected chi connectivity index (χ4v) is 3.65. The topological polar surface area (TPSA) is 63.7 Å². The first-order chi connectivity index (χ1) is 13.2. The molecule has 0 saturated carbocycles. The number of allylic oxidation sites excluding steroid dienone is 2. The van der Waals surface area contributed by atoms with E-state index in [1.807, 2.05) is 18.2 Å². The second kappa shape index (κ2) is 7.19. The standard InChI is InChI=1S/C22H19NO4/c24-19(15-8-2-1-3-9-15)14-27-20-13-7-6-12-18(20)23-21(25)16-10-4-5-11-17(16)22(23)26/h1-9,12-13,16-17H,10-11,14H2/t16-,17+. The van der Waals surface area contributed by atoms with Gasteiger partial charge in [-0.15, -0.1) is 0 Å². The maximum atomic E-state index is 12.8. The number of carbonyl (C=O) groups excluding carboxylic acids is 3. The van der Waals surface area contributed by atoms with Gasteiger partial charge >= 0.3 is 0 Å². The molecular weight excluding hydrogens is 342 g/mol. The minimum atomic E-state index is -0.304. The van der Waals surface area contributed by atoms with Crippen molar-refractivity contribution in [1.82, 2.24) is 0 Å². The van der Waals surface area contributed by atoms with Crippen molar-refractivity contribution in [3.63, 3.8) is 0 Å². The number of fused-ring (bicyclic) bond motifs is 1. The highest BCUT2D eigenvalue weighted by molar-refractivity contribution is 6.22. The summed E-state index contributed by atoms with van der Waals surface area (Å²) < 4.78 is 5.70. The van der Waals surface area contributed by atoms with E-state index in [0.29, 0.717) is 29.8 Å². The van der Waals surface area contributed by atoms with Gasteiger partial charge in [-0.1, -0.05) is 54.6 Å². The Morgan fingerprint density at radius 3 is 2.15 bits per heavy atom. The summed E-state index contributed by atoms with van der Waals surface area (Å²) in [6, 6.07) is 15.7. The number of carbonyl (C=O) groups is 3. The van der Waals surface area contributed by atoms with Crippen molar-refractivity contribution in [2.75, 3.05) is 11.5 Å². The summed E-state index contributed by atoms with van der Waals surface area (Å²) in [6.45, 7) is -0.161. The number of anilines is 1. The lowest BCUT2D eigenvalue weighted by Crippen LogP contribution is -2.31. The number of ketones is 1. The van der Waals surface area contributed by atoms with Crippen LogP contribution in [-0.2, 0) is 9.59 Å². The van der Waals surface area contributed by atoms with Gasteiger partial charge in [-0.05, 0) is 25.0 Å². The Balaban J connectivity index is 1.56. The number of benzene rings is 2. The van der Waals surface area contributed by atoms with Gasteiger partial charge in [0.25, 0.3) is 0 Å². The SMILES string of the molecule is O=C(COc1ccccc1N1C(=O)[C@H]2CC=CC[C@H]2C1=O)c1ccccc1. The molecule has 0 N–H and O–H groups in total. The molecule has 1 fully saturated rings. The van der Waals surface area contributed by atoms with Crippen LogP contribution < -0.4 is 9.64 Å². The van der Waals surface area contributed by atoms with Crippen LogP contribution in [0.1, 0.15) is 23.2 Å². The predicted molar refractivity (Wildman–Crippen MR) is 101 cm³/mol. The number of ether oxygens (including phenoxy) is 1. The molecule has 1 aliphatic heterocycles. The highest BCUT2D eigenvalue weighted by Crippen LogP contribution is 2.40. The van der Waals surface area contributed by atoms with Crippen molar-refractivity contribution < 1.29 is 19.1 Å². The molecule has 1 saturated heterocycles. The average Bonchev–Trinajstić information content (AvgIpc) is 2.98. The fraction of sp³-hybridized carbons (Fsp3) is 0.227. The van der Waals surface area contributed by atoms with Crippen LogP contribution in [0.5, 0.6) is 5.75 Å². The number of nitrogens with zero attached hydrogens (tertiary/aromatic N) is 1. The zero-order valence-electron chi connectivity index (χ0n) is 14.7. The number of amides is 2. The Labute approximate surface area is 157 Å². The first-order valence-corrected chi connectivity index (χ1v) is 8.99. The van der Waals surface area contributed by atoms with E-state index in [1.54, 1.807) is 48.5 Å². The summed E-state index contributed by atoms with van der Waals surface area (Å²) in [7, 11) is 0. The lowest BCUT2D eigenvalue weighted by molar-refractivity contribution is -0.122. The zero-order valence-corrected chi connectivity index (χ0v) is 14.7. The number of imide groups is 1. The predicted octanol–water partition coefficient (Wildman–Crippen LogP) is 3.40. The van der Waals surface area contributed by atoms with Gasteiger partial charge in [0.05, 0.1) is 17.5 Å². The lowest BCUT2D eigenvalue weighted by Gasteiger charge is -2.18. The van der Waals surface area contributed by atoms with E-state index in [9.17, 15) is 14.4 Å². The van der Waals surface area contributed by atoms with Gasteiger partial charge in [0.1, 0.15) is 5.75 Å². The van der Waals surface area contributed by atoms with E-state index in [-0.39, 0.29) is 36.0 Å². The van der Waals surface area contributed by atoms with E-state index in [4.69, 9.17) is 4.74 Å². The first kappa shape index (κ1) is 17.2. The summed E-state index contributed by atoms with van der Waals surface area (Å²) in [5, 5.41) is 0. The van der Waals surface area contributed by atoms with E-state index in [1.165, 1.54) is 4.90 Å². The molecule has 4 rings (SSSR count). The molecule has 0 aromatic heterocycles. The third-order valence-electron chi connectivity index (χ3n) is 5.07. The number of Topliss-reactive ketones (excluding diaryl/α,β-unsaturated/α-hetero) is 1. The number of para-hydroxylation sites is 2. The van der Waals surface area contributed by atoms with E-state index in [2.05, 4.69) is 0 Å². The van der Waals surface area contributed by atoms with Gasteiger partial charge < -0.3 is 4.74 Å². The van der Waals surface area contributed by atoms with Crippen molar-refractivity contribution in [2.24, 2.45) is 11.8 Å². The van der Waals surface area contributed by atoms with Crippen LogP contribution in [0.3, 0.4) is 0 Å². The van der Waals surface area contributed by atoms with Crippen LogP contribution in [0.4, 0.5) is 5.69 Å². The number of rotatable bonds is 5.